The van der Waals surface area contributed by atoms with Crippen molar-refractivity contribution < 1.29 is 22.8 Å². The molecule has 2 aliphatic rings. The fraction of sp³-hybridized carbons (Fsp3) is 0.379. The molecule has 2 aromatic carbocycles. The highest BCUT2D eigenvalue weighted by atomic mass is 35.5. The van der Waals surface area contributed by atoms with Crippen LogP contribution in [0.15, 0.2) is 59.8 Å². The summed E-state index contributed by atoms with van der Waals surface area (Å²) in [6.45, 7) is 5.23. The minimum absolute atomic E-state index is 0.0602. The lowest BCUT2D eigenvalue weighted by Crippen LogP contribution is -2.54. The first-order valence-electron chi connectivity index (χ1n) is 13.7. The number of thioether (sulfide) groups is 1. The molecule has 0 saturated carbocycles. The molecule has 3 heterocycles. The molecule has 43 heavy (non-hydrogen) atoms. The van der Waals surface area contributed by atoms with Gasteiger partial charge in [0.1, 0.15) is 11.0 Å². The summed E-state index contributed by atoms with van der Waals surface area (Å²) < 4.78 is 39.3. The lowest BCUT2D eigenvalue weighted by Gasteiger charge is -2.40. The molecular weight excluding hydrogens is 624 g/mol. The van der Waals surface area contributed by atoms with E-state index >= 15 is 0 Å². The number of carbonyl (C=O) groups excluding carboxylic acids is 2. The van der Waals surface area contributed by atoms with Crippen LogP contribution in [0.4, 0.5) is 24.7 Å². The average molecular weight is 654 g/mol. The number of hydrogen-bond acceptors (Lipinski definition) is 7. The van der Waals surface area contributed by atoms with Crippen molar-refractivity contribution >= 4 is 58.3 Å². The standard InChI is InChI=1S/C29H29Cl2F3N6O2S/c1-19-17-39(13-14-40(19)27(42)20-5-7-22(30)8-6-20)25-16-24(31)35-28(36-25)43-18-26(41)38-11-9-37(10-12-38)23-4-2-3-21(15-23)29(32,33)34/h2-8,15-16,19H,9-14,17-18H2,1H3. The van der Waals surface area contributed by atoms with Gasteiger partial charge in [-0.3, -0.25) is 9.59 Å². The number of amides is 2. The topological polar surface area (TPSA) is 72.9 Å². The van der Waals surface area contributed by atoms with Crippen LogP contribution in [-0.4, -0.2) is 89.2 Å². The fourth-order valence-electron chi connectivity index (χ4n) is 5.15. The van der Waals surface area contributed by atoms with Gasteiger partial charge in [-0.05, 0) is 49.4 Å². The highest BCUT2D eigenvalue weighted by Crippen LogP contribution is 2.32. The molecule has 1 atom stereocenters. The Morgan fingerprint density at radius 2 is 1.63 bits per heavy atom. The third-order valence-electron chi connectivity index (χ3n) is 7.46. The van der Waals surface area contributed by atoms with Gasteiger partial charge in [0.05, 0.1) is 11.3 Å². The Kier molecular flexibility index (Phi) is 9.57. The number of halogens is 5. The molecule has 1 unspecified atom stereocenters. The van der Waals surface area contributed by atoms with Gasteiger partial charge in [-0.15, -0.1) is 0 Å². The Hall–Kier alpha value is -3.22. The van der Waals surface area contributed by atoms with Crippen molar-refractivity contribution in [2.75, 3.05) is 61.4 Å². The second kappa shape index (κ2) is 13.2. The van der Waals surface area contributed by atoms with Gasteiger partial charge in [-0.2, -0.15) is 13.2 Å². The minimum atomic E-state index is -4.41. The van der Waals surface area contributed by atoms with E-state index in [2.05, 4.69) is 9.97 Å². The molecule has 14 heteroatoms. The largest absolute Gasteiger partial charge is 0.416 e. The molecule has 0 aliphatic carbocycles. The zero-order valence-electron chi connectivity index (χ0n) is 23.2. The van der Waals surface area contributed by atoms with Gasteiger partial charge in [0.15, 0.2) is 5.16 Å². The summed E-state index contributed by atoms with van der Waals surface area (Å²) in [6, 6.07) is 13.6. The van der Waals surface area contributed by atoms with E-state index in [4.69, 9.17) is 23.2 Å². The van der Waals surface area contributed by atoms with E-state index in [1.54, 1.807) is 41.3 Å². The fourth-order valence-corrected chi connectivity index (χ4v) is 6.26. The average Bonchev–Trinajstić information content (AvgIpc) is 2.99. The number of carbonyl (C=O) groups is 2. The summed E-state index contributed by atoms with van der Waals surface area (Å²) in [5, 5.41) is 1.19. The summed E-state index contributed by atoms with van der Waals surface area (Å²) in [5.74, 6) is 0.551. The maximum absolute atomic E-state index is 13.1. The van der Waals surface area contributed by atoms with E-state index in [9.17, 15) is 22.8 Å². The molecule has 0 spiro atoms. The molecule has 2 saturated heterocycles. The van der Waals surface area contributed by atoms with Gasteiger partial charge in [-0.1, -0.05) is 41.0 Å². The summed E-state index contributed by atoms with van der Waals surface area (Å²) in [6.07, 6.45) is -4.41. The predicted octanol–water partition coefficient (Wildman–Crippen LogP) is 5.59. The quantitative estimate of drug-likeness (QED) is 0.195. The van der Waals surface area contributed by atoms with Gasteiger partial charge < -0.3 is 19.6 Å². The monoisotopic (exact) mass is 652 g/mol. The molecule has 2 aliphatic heterocycles. The first-order valence-corrected chi connectivity index (χ1v) is 15.4. The smallest absolute Gasteiger partial charge is 0.368 e. The van der Waals surface area contributed by atoms with Crippen molar-refractivity contribution in [2.45, 2.75) is 24.3 Å². The zero-order chi connectivity index (χ0) is 30.7. The maximum atomic E-state index is 13.1. The zero-order valence-corrected chi connectivity index (χ0v) is 25.6. The Balaban J connectivity index is 1.14. The third-order valence-corrected chi connectivity index (χ3v) is 8.74. The van der Waals surface area contributed by atoms with E-state index in [0.717, 1.165) is 12.1 Å². The van der Waals surface area contributed by atoms with Crippen molar-refractivity contribution in [3.8, 4) is 0 Å². The Morgan fingerprint density at radius 3 is 2.30 bits per heavy atom. The van der Waals surface area contributed by atoms with Crippen molar-refractivity contribution in [1.82, 2.24) is 19.8 Å². The van der Waals surface area contributed by atoms with Crippen LogP contribution < -0.4 is 9.80 Å². The number of hydrogen-bond donors (Lipinski definition) is 0. The van der Waals surface area contributed by atoms with Crippen molar-refractivity contribution in [1.29, 1.82) is 0 Å². The molecule has 228 valence electrons. The molecule has 1 aromatic heterocycles. The van der Waals surface area contributed by atoms with Gasteiger partial charge in [0, 0.05) is 74.2 Å². The van der Waals surface area contributed by atoms with Crippen LogP contribution in [-0.2, 0) is 11.0 Å². The van der Waals surface area contributed by atoms with Crippen LogP contribution in [0.5, 0.6) is 0 Å². The summed E-state index contributed by atoms with van der Waals surface area (Å²) in [4.78, 5) is 42.3. The number of rotatable bonds is 6. The highest BCUT2D eigenvalue weighted by molar-refractivity contribution is 7.99. The lowest BCUT2D eigenvalue weighted by molar-refractivity contribution is -0.137. The second-order valence-corrected chi connectivity index (χ2v) is 12.1. The van der Waals surface area contributed by atoms with Crippen molar-refractivity contribution in [2.24, 2.45) is 0 Å². The Bertz CT molecular complexity index is 1470. The highest BCUT2D eigenvalue weighted by Gasteiger charge is 2.32. The Morgan fingerprint density at radius 1 is 0.930 bits per heavy atom. The maximum Gasteiger partial charge on any atom is 0.416 e. The SMILES string of the molecule is CC1CN(c2cc(Cl)nc(SCC(=O)N3CCN(c4cccc(C(F)(F)F)c4)CC3)n2)CCN1C(=O)c1ccc(Cl)cc1. The molecule has 3 aromatic rings. The molecule has 0 radical (unpaired) electrons. The normalized spacial score (nSPS) is 17.8. The van der Waals surface area contributed by atoms with Crippen LogP contribution in [0.25, 0.3) is 0 Å². The Labute approximate surface area is 261 Å². The van der Waals surface area contributed by atoms with E-state index in [0.29, 0.717) is 73.1 Å². The van der Waals surface area contributed by atoms with Gasteiger partial charge in [-0.25, -0.2) is 9.97 Å². The van der Waals surface area contributed by atoms with Crippen LogP contribution in [0.3, 0.4) is 0 Å². The molecule has 2 fully saturated rings. The number of piperazine rings is 2. The van der Waals surface area contributed by atoms with E-state index in [1.807, 2.05) is 21.6 Å². The molecule has 2 amide bonds. The van der Waals surface area contributed by atoms with Crippen LogP contribution in [0, 0.1) is 0 Å². The van der Waals surface area contributed by atoms with E-state index in [1.165, 1.54) is 17.8 Å². The molecule has 5 rings (SSSR count). The summed E-state index contributed by atoms with van der Waals surface area (Å²) in [7, 11) is 0. The minimum Gasteiger partial charge on any atom is -0.368 e. The lowest BCUT2D eigenvalue weighted by atomic mass is 10.1. The summed E-state index contributed by atoms with van der Waals surface area (Å²) >= 11 is 13.5. The van der Waals surface area contributed by atoms with Crippen molar-refractivity contribution in [3.05, 3.63) is 75.9 Å². The predicted molar refractivity (Wildman–Crippen MR) is 162 cm³/mol. The van der Waals surface area contributed by atoms with Crippen LogP contribution in [0.1, 0.15) is 22.8 Å². The molecule has 0 bridgehead atoms. The number of benzene rings is 2. The van der Waals surface area contributed by atoms with Gasteiger partial charge in [0.2, 0.25) is 5.91 Å². The van der Waals surface area contributed by atoms with Gasteiger partial charge >= 0.3 is 6.18 Å². The van der Waals surface area contributed by atoms with Crippen LogP contribution in [0.2, 0.25) is 10.2 Å². The molecule has 0 N–H and O–H groups in total. The van der Waals surface area contributed by atoms with E-state index < -0.39 is 11.7 Å². The number of anilines is 2. The van der Waals surface area contributed by atoms with Crippen molar-refractivity contribution in [3.63, 3.8) is 0 Å². The number of aromatic nitrogens is 2. The second-order valence-electron chi connectivity index (χ2n) is 10.3. The molecular formula is C29H29Cl2F3N6O2S. The first-order chi connectivity index (χ1) is 20.5. The van der Waals surface area contributed by atoms with E-state index in [-0.39, 0.29) is 28.8 Å². The number of alkyl halides is 3. The number of nitrogens with zero attached hydrogens (tertiary/aromatic N) is 6. The summed E-state index contributed by atoms with van der Waals surface area (Å²) in [5.41, 5.74) is 0.374. The van der Waals surface area contributed by atoms with Gasteiger partial charge in [0.25, 0.3) is 5.91 Å². The first kappa shape index (κ1) is 31.2. The molecule has 8 nitrogen and oxygen atoms in total. The third kappa shape index (κ3) is 7.66. The van der Waals surface area contributed by atoms with Crippen LogP contribution >= 0.6 is 35.0 Å².